The van der Waals surface area contributed by atoms with Gasteiger partial charge in [0.05, 0.1) is 34.1 Å². The Labute approximate surface area is 309 Å². The van der Waals surface area contributed by atoms with Gasteiger partial charge in [-0.2, -0.15) is 5.11 Å². The van der Waals surface area contributed by atoms with Crippen molar-refractivity contribution in [3.8, 4) is 11.1 Å². The molecule has 0 aromatic heterocycles. The zero-order valence-electron chi connectivity index (χ0n) is 29.7. The van der Waals surface area contributed by atoms with E-state index in [9.17, 15) is 0 Å². The third-order valence-electron chi connectivity index (χ3n) is 9.56. The van der Waals surface area contributed by atoms with E-state index in [-0.39, 0.29) is 0 Å². The average molecular weight is 690 g/mol. The van der Waals surface area contributed by atoms with Gasteiger partial charge in [-0.05, 0) is 73.0 Å². The van der Waals surface area contributed by atoms with Gasteiger partial charge in [-0.15, -0.1) is 15.3 Å². The predicted octanol–water partition coefficient (Wildman–Crippen LogP) is 14.3. The first kappa shape index (κ1) is 33.3. The molecule has 1 unspecified atom stereocenters. The van der Waals surface area contributed by atoms with Gasteiger partial charge in [-0.1, -0.05) is 122 Å². The fourth-order valence-corrected chi connectivity index (χ4v) is 6.53. The van der Waals surface area contributed by atoms with E-state index in [0.29, 0.717) is 6.04 Å². The van der Waals surface area contributed by atoms with Crippen molar-refractivity contribution in [1.82, 2.24) is 0 Å². The molecule has 7 nitrogen and oxygen atoms in total. The molecule has 8 rings (SSSR count). The van der Waals surface area contributed by atoms with Crippen LogP contribution >= 0.6 is 0 Å². The second-order valence-corrected chi connectivity index (χ2v) is 13.1. The highest BCUT2D eigenvalue weighted by Crippen LogP contribution is 2.37. The molecule has 8 aromatic carbocycles. The van der Waals surface area contributed by atoms with Crippen molar-refractivity contribution in [2.75, 3.05) is 16.2 Å². The summed E-state index contributed by atoms with van der Waals surface area (Å²) in [6.45, 7) is 4.38. The molecule has 53 heavy (non-hydrogen) atoms. The van der Waals surface area contributed by atoms with Gasteiger partial charge >= 0.3 is 0 Å². The SMILES string of the molecule is CCC(C)Nc1ccc(/N=N/c2ccc(NNc3ccc(/N=N/c4ccc(-c5ccccc5)cc4)c4ccccc34)c3ccccc23)c2ccccc12. The molecule has 0 amide bonds. The number of azo groups is 2. The van der Waals surface area contributed by atoms with Gasteiger partial charge in [0.15, 0.2) is 0 Å². The molecule has 7 heteroatoms. The second-order valence-electron chi connectivity index (χ2n) is 13.1. The van der Waals surface area contributed by atoms with Crippen LogP contribution in [0.15, 0.2) is 184 Å². The molecule has 0 fully saturated rings. The minimum absolute atomic E-state index is 0.378. The molecule has 0 spiro atoms. The number of hydrogen-bond donors (Lipinski definition) is 3. The first-order valence-electron chi connectivity index (χ1n) is 18.0. The van der Waals surface area contributed by atoms with Crippen molar-refractivity contribution in [3.63, 3.8) is 0 Å². The summed E-state index contributed by atoms with van der Waals surface area (Å²) in [6.07, 6.45) is 1.05. The molecule has 1 atom stereocenters. The number of nitrogens with one attached hydrogen (secondary N) is 3. The van der Waals surface area contributed by atoms with Crippen LogP contribution in [0, 0.1) is 0 Å². The Kier molecular flexibility index (Phi) is 9.53. The highest BCUT2D eigenvalue weighted by molar-refractivity contribution is 6.04. The van der Waals surface area contributed by atoms with E-state index in [1.54, 1.807) is 0 Å². The van der Waals surface area contributed by atoms with Crippen molar-refractivity contribution in [2.24, 2.45) is 20.5 Å². The molecule has 0 bridgehead atoms. The lowest BCUT2D eigenvalue weighted by atomic mass is 10.1. The summed E-state index contributed by atoms with van der Waals surface area (Å²) >= 11 is 0. The average Bonchev–Trinajstić information content (AvgIpc) is 3.22. The molecule has 3 N–H and O–H groups in total. The summed E-state index contributed by atoms with van der Waals surface area (Å²) in [6, 6.07) is 55.9. The zero-order valence-corrected chi connectivity index (χ0v) is 29.7. The third-order valence-corrected chi connectivity index (χ3v) is 9.56. The minimum Gasteiger partial charge on any atom is -0.382 e. The van der Waals surface area contributed by atoms with Crippen molar-refractivity contribution < 1.29 is 0 Å². The molecule has 8 aromatic rings. The van der Waals surface area contributed by atoms with Crippen molar-refractivity contribution in [1.29, 1.82) is 0 Å². The first-order valence-corrected chi connectivity index (χ1v) is 18.0. The van der Waals surface area contributed by atoms with Gasteiger partial charge in [-0.25, -0.2) is 0 Å². The zero-order chi connectivity index (χ0) is 36.0. The number of hydrogen-bond acceptors (Lipinski definition) is 7. The van der Waals surface area contributed by atoms with E-state index in [4.69, 9.17) is 10.2 Å². The van der Waals surface area contributed by atoms with Crippen molar-refractivity contribution >= 4 is 72.1 Å². The van der Waals surface area contributed by atoms with Gasteiger partial charge in [0.2, 0.25) is 0 Å². The Morgan fingerprint density at radius 3 is 1.28 bits per heavy atom. The number of rotatable bonds is 11. The molecule has 0 heterocycles. The first-order chi connectivity index (χ1) is 26.1. The summed E-state index contributed by atoms with van der Waals surface area (Å²) in [5, 5.41) is 28.6. The van der Waals surface area contributed by atoms with Gasteiger partial charge in [-0.3, -0.25) is 0 Å². The van der Waals surface area contributed by atoms with Gasteiger partial charge in [0.25, 0.3) is 0 Å². The lowest BCUT2D eigenvalue weighted by Gasteiger charge is -2.16. The van der Waals surface area contributed by atoms with Crippen molar-refractivity contribution in [3.05, 3.63) is 164 Å². The molecule has 0 aliphatic rings. The van der Waals surface area contributed by atoms with Gasteiger partial charge < -0.3 is 16.2 Å². The van der Waals surface area contributed by atoms with Crippen LogP contribution in [0.4, 0.5) is 39.8 Å². The Morgan fingerprint density at radius 2 is 0.792 bits per heavy atom. The van der Waals surface area contributed by atoms with E-state index in [2.05, 4.69) is 113 Å². The van der Waals surface area contributed by atoms with Crippen LogP contribution in [-0.2, 0) is 0 Å². The smallest absolute Gasteiger partial charge is 0.0936 e. The Morgan fingerprint density at radius 1 is 0.396 bits per heavy atom. The van der Waals surface area contributed by atoms with Crippen LogP contribution in [0.1, 0.15) is 20.3 Å². The summed E-state index contributed by atoms with van der Waals surface area (Å²) in [5.41, 5.74) is 15.4. The number of nitrogens with zero attached hydrogens (tertiary/aromatic N) is 4. The van der Waals surface area contributed by atoms with E-state index >= 15 is 0 Å². The van der Waals surface area contributed by atoms with E-state index in [1.165, 1.54) is 5.56 Å². The van der Waals surface area contributed by atoms with Crippen LogP contribution in [0.25, 0.3) is 43.4 Å². The highest BCUT2D eigenvalue weighted by Gasteiger charge is 2.11. The topological polar surface area (TPSA) is 85.5 Å². The van der Waals surface area contributed by atoms with Crippen molar-refractivity contribution in [2.45, 2.75) is 26.3 Å². The number of fused-ring (bicyclic) bond motifs is 3. The van der Waals surface area contributed by atoms with Crippen LogP contribution in [0.2, 0.25) is 0 Å². The maximum Gasteiger partial charge on any atom is 0.0936 e. The summed E-state index contributed by atoms with van der Waals surface area (Å²) < 4.78 is 0. The third kappa shape index (κ3) is 7.18. The molecule has 0 radical (unpaired) electrons. The number of anilines is 3. The standard InChI is InChI=1S/C46H39N7/c1-3-31(2)47-41-25-26-43(36-16-8-7-15-35(36)41)50-51-45-29-30-46(40-20-12-11-19-39(40)45)53-52-44-28-27-42(37-17-9-10-18-38(37)44)49-48-34-23-21-33(22-24-34)32-13-5-4-6-14-32/h4-31,47,52-53H,3H2,1-2H3/b49-48+,51-50+. The van der Waals surface area contributed by atoms with E-state index in [0.717, 1.165) is 84.1 Å². The minimum atomic E-state index is 0.378. The largest absolute Gasteiger partial charge is 0.382 e. The summed E-state index contributed by atoms with van der Waals surface area (Å²) in [7, 11) is 0. The maximum absolute atomic E-state index is 4.77. The van der Waals surface area contributed by atoms with Crippen LogP contribution in [0.3, 0.4) is 0 Å². The normalized spacial score (nSPS) is 12.2. The quantitative estimate of drug-likeness (QED) is 0.0933. The lowest BCUT2D eigenvalue weighted by Crippen LogP contribution is -2.13. The fourth-order valence-electron chi connectivity index (χ4n) is 6.53. The Bertz CT molecular complexity index is 2600. The van der Waals surface area contributed by atoms with E-state index < -0.39 is 0 Å². The molecule has 258 valence electrons. The molecular weight excluding hydrogens is 651 g/mol. The van der Waals surface area contributed by atoms with E-state index in [1.807, 2.05) is 91.0 Å². The van der Waals surface area contributed by atoms with Gasteiger partial charge in [0, 0.05) is 44.0 Å². The number of benzene rings is 8. The van der Waals surface area contributed by atoms with Crippen LogP contribution < -0.4 is 16.2 Å². The Hall–Kier alpha value is -6.86. The summed E-state index contributed by atoms with van der Waals surface area (Å²) in [4.78, 5) is 0. The number of hydrazine groups is 1. The fraction of sp³-hybridized carbons (Fsp3) is 0.0870. The van der Waals surface area contributed by atoms with Crippen LogP contribution in [-0.4, -0.2) is 6.04 Å². The maximum atomic E-state index is 4.77. The molecule has 0 saturated carbocycles. The Balaban J connectivity index is 1.02. The summed E-state index contributed by atoms with van der Waals surface area (Å²) in [5.74, 6) is 0. The molecular formula is C46H39N7. The monoisotopic (exact) mass is 689 g/mol. The molecule has 0 aliphatic carbocycles. The second kappa shape index (κ2) is 15.2. The lowest BCUT2D eigenvalue weighted by molar-refractivity contribution is 0.765. The van der Waals surface area contributed by atoms with Gasteiger partial charge in [0.1, 0.15) is 0 Å². The van der Waals surface area contributed by atoms with Crippen LogP contribution in [0.5, 0.6) is 0 Å². The highest BCUT2D eigenvalue weighted by atomic mass is 15.4. The predicted molar refractivity (Wildman–Crippen MR) is 223 cm³/mol. The molecule has 0 saturated heterocycles. The molecule has 0 aliphatic heterocycles.